The Hall–Kier alpha value is -3.81. The number of ether oxygens (including phenoxy) is 2. The smallest absolute Gasteiger partial charge is 0.410 e. The van der Waals surface area contributed by atoms with Gasteiger partial charge in [-0.05, 0) is 20.8 Å². The number of hydrogen-bond donors (Lipinski definition) is 0. The SMILES string of the molecule is C=CCn1c(=O)c2cnc(S(C)(=O)=O)nc2n1-c1ccnc(OC2CCN(C(=O)OC(C)(C)C)CC2)n1. The molecule has 1 aliphatic rings. The van der Waals surface area contributed by atoms with Crippen molar-refractivity contribution in [3.8, 4) is 11.8 Å². The number of sulfone groups is 1. The van der Waals surface area contributed by atoms with Gasteiger partial charge in [0.25, 0.3) is 5.56 Å². The van der Waals surface area contributed by atoms with Gasteiger partial charge in [-0.3, -0.25) is 4.79 Å². The fraction of sp³-hybridized carbons (Fsp3) is 0.478. The van der Waals surface area contributed by atoms with E-state index in [1.165, 1.54) is 27.8 Å². The summed E-state index contributed by atoms with van der Waals surface area (Å²) >= 11 is 0. The number of hydrogen-bond acceptors (Lipinski definition) is 10. The highest BCUT2D eigenvalue weighted by Crippen LogP contribution is 2.21. The first-order chi connectivity index (χ1) is 17.4. The molecule has 1 amide bonds. The fourth-order valence-electron chi connectivity index (χ4n) is 3.85. The second kappa shape index (κ2) is 9.92. The number of piperidine rings is 1. The van der Waals surface area contributed by atoms with E-state index in [9.17, 15) is 18.0 Å². The maximum Gasteiger partial charge on any atom is 0.410 e. The third-order valence-electron chi connectivity index (χ3n) is 5.49. The second-order valence-corrected chi connectivity index (χ2v) is 11.5. The predicted octanol–water partition coefficient (Wildman–Crippen LogP) is 1.74. The Morgan fingerprint density at radius 1 is 1.22 bits per heavy atom. The molecule has 0 saturated carbocycles. The molecule has 13 nitrogen and oxygen atoms in total. The largest absolute Gasteiger partial charge is 0.460 e. The average Bonchev–Trinajstić information content (AvgIpc) is 3.09. The maximum atomic E-state index is 13.0. The molecule has 1 aliphatic heterocycles. The van der Waals surface area contributed by atoms with Crippen molar-refractivity contribution in [2.45, 2.75) is 57.0 Å². The fourth-order valence-corrected chi connectivity index (χ4v) is 4.35. The Labute approximate surface area is 213 Å². The standard InChI is InChI=1S/C23H29N7O6S/c1-6-11-29-19(31)16-14-25-21(37(5,33)34)27-18(16)30(29)17-7-10-24-20(26-17)35-15-8-12-28(13-9-15)22(32)36-23(2,3)4/h6-7,10,14-15H,1,8-9,11-13H2,2-5H3. The third kappa shape index (κ3) is 5.79. The first kappa shape index (κ1) is 26.3. The van der Waals surface area contributed by atoms with Crippen LogP contribution >= 0.6 is 0 Å². The van der Waals surface area contributed by atoms with Gasteiger partial charge in [0.2, 0.25) is 15.0 Å². The van der Waals surface area contributed by atoms with E-state index in [0.717, 1.165) is 6.26 Å². The summed E-state index contributed by atoms with van der Waals surface area (Å²) in [4.78, 5) is 43.6. The summed E-state index contributed by atoms with van der Waals surface area (Å²) < 4.78 is 38.2. The van der Waals surface area contributed by atoms with Crippen LogP contribution in [0, 0.1) is 0 Å². The van der Waals surface area contributed by atoms with Gasteiger partial charge in [-0.2, -0.15) is 9.97 Å². The van der Waals surface area contributed by atoms with Gasteiger partial charge in [-0.15, -0.1) is 6.58 Å². The van der Waals surface area contributed by atoms with Gasteiger partial charge in [-0.1, -0.05) is 6.08 Å². The lowest BCUT2D eigenvalue weighted by Crippen LogP contribution is -2.44. The van der Waals surface area contributed by atoms with Gasteiger partial charge in [0.15, 0.2) is 11.5 Å². The van der Waals surface area contributed by atoms with Crippen LogP contribution in [0.5, 0.6) is 6.01 Å². The van der Waals surface area contributed by atoms with E-state index >= 15 is 0 Å². The molecule has 0 aliphatic carbocycles. The summed E-state index contributed by atoms with van der Waals surface area (Å²) in [7, 11) is -3.72. The van der Waals surface area contributed by atoms with Crippen molar-refractivity contribution < 1.29 is 22.7 Å². The zero-order chi connectivity index (χ0) is 27.0. The molecule has 1 fully saturated rings. The summed E-state index contributed by atoms with van der Waals surface area (Å²) in [5.74, 6) is 0.253. The molecule has 0 spiro atoms. The molecular formula is C23H29N7O6S. The van der Waals surface area contributed by atoms with Crippen molar-refractivity contribution in [1.29, 1.82) is 0 Å². The molecule has 0 bridgehead atoms. The molecule has 0 radical (unpaired) electrons. The van der Waals surface area contributed by atoms with Gasteiger partial charge in [0.1, 0.15) is 17.1 Å². The van der Waals surface area contributed by atoms with Crippen molar-refractivity contribution >= 4 is 27.0 Å². The zero-order valence-electron chi connectivity index (χ0n) is 21.1. The van der Waals surface area contributed by atoms with Crippen molar-refractivity contribution in [3.63, 3.8) is 0 Å². The lowest BCUT2D eigenvalue weighted by Gasteiger charge is -2.33. The number of amides is 1. The van der Waals surface area contributed by atoms with E-state index in [2.05, 4.69) is 26.5 Å². The molecule has 4 rings (SSSR count). The van der Waals surface area contributed by atoms with E-state index in [1.54, 1.807) is 11.0 Å². The molecular weight excluding hydrogens is 502 g/mol. The van der Waals surface area contributed by atoms with Crippen LogP contribution in [-0.2, 0) is 21.1 Å². The number of aromatic nitrogens is 6. The van der Waals surface area contributed by atoms with E-state index < -0.39 is 26.2 Å². The van der Waals surface area contributed by atoms with Gasteiger partial charge in [-0.25, -0.2) is 32.5 Å². The minimum Gasteiger partial charge on any atom is -0.460 e. The van der Waals surface area contributed by atoms with Crippen molar-refractivity contribution in [2.24, 2.45) is 0 Å². The molecule has 198 valence electrons. The molecule has 4 heterocycles. The molecule has 3 aromatic heterocycles. The monoisotopic (exact) mass is 531 g/mol. The first-order valence-corrected chi connectivity index (χ1v) is 13.5. The molecule has 37 heavy (non-hydrogen) atoms. The second-order valence-electron chi connectivity index (χ2n) is 9.63. The van der Waals surface area contributed by atoms with E-state index in [-0.39, 0.29) is 41.6 Å². The summed E-state index contributed by atoms with van der Waals surface area (Å²) in [5, 5.41) is -0.281. The van der Waals surface area contributed by atoms with Crippen molar-refractivity contribution in [3.05, 3.63) is 41.5 Å². The molecule has 0 unspecified atom stereocenters. The first-order valence-electron chi connectivity index (χ1n) is 11.6. The number of likely N-dealkylation sites (tertiary alicyclic amines) is 1. The van der Waals surface area contributed by atoms with Crippen molar-refractivity contribution in [1.82, 2.24) is 34.2 Å². The maximum absolute atomic E-state index is 13.0. The molecule has 3 aromatic rings. The summed E-state index contributed by atoms with van der Waals surface area (Å²) in [5.41, 5.74) is -0.913. The van der Waals surface area contributed by atoms with Crippen LogP contribution in [0.2, 0.25) is 0 Å². The van der Waals surface area contributed by atoms with E-state index in [1.807, 2.05) is 20.8 Å². The van der Waals surface area contributed by atoms with E-state index in [4.69, 9.17) is 9.47 Å². The van der Waals surface area contributed by atoms with Crippen LogP contribution in [0.25, 0.3) is 16.9 Å². The number of carbonyl (C=O) groups excluding carboxylic acids is 1. The van der Waals surface area contributed by atoms with Gasteiger partial charge in [0.05, 0.1) is 6.54 Å². The molecule has 1 saturated heterocycles. The summed E-state index contributed by atoms with van der Waals surface area (Å²) in [6.07, 6.45) is 5.70. The number of fused-ring (bicyclic) bond motifs is 1. The highest BCUT2D eigenvalue weighted by atomic mass is 32.2. The summed E-state index contributed by atoms with van der Waals surface area (Å²) in [6.45, 7) is 10.2. The lowest BCUT2D eigenvalue weighted by atomic mass is 10.1. The van der Waals surface area contributed by atoms with Gasteiger partial charge in [0, 0.05) is 50.6 Å². The van der Waals surface area contributed by atoms with Crippen LogP contribution in [0.15, 0.2) is 41.1 Å². The Kier molecular flexibility index (Phi) is 7.04. The van der Waals surface area contributed by atoms with Crippen LogP contribution < -0.4 is 10.3 Å². The van der Waals surface area contributed by atoms with Crippen LogP contribution in [0.4, 0.5) is 4.79 Å². The quantitative estimate of drug-likeness (QED) is 0.340. The number of nitrogens with zero attached hydrogens (tertiary/aromatic N) is 7. The van der Waals surface area contributed by atoms with Gasteiger partial charge < -0.3 is 14.4 Å². The number of allylic oxidation sites excluding steroid dienone is 1. The lowest BCUT2D eigenvalue weighted by molar-refractivity contribution is 0.0119. The Morgan fingerprint density at radius 2 is 1.92 bits per heavy atom. The minimum absolute atomic E-state index is 0.0741. The van der Waals surface area contributed by atoms with Crippen molar-refractivity contribution in [2.75, 3.05) is 19.3 Å². The highest BCUT2D eigenvalue weighted by Gasteiger charge is 2.28. The minimum atomic E-state index is -3.72. The predicted molar refractivity (Wildman–Crippen MR) is 133 cm³/mol. The Bertz CT molecular complexity index is 1500. The molecule has 0 N–H and O–H groups in total. The normalized spacial score (nSPS) is 15.1. The molecule has 0 aromatic carbocycles. The van der Waals surface area contributed by atoms with Crippen LogP contribution in [0.3, 0.4) is 0 Å². The topological polar surface area (TPSA) is 151 Å². The zero-order valence-corrected chi connectivity index (χ0v) is 21.9. The van der Waals surface area contributed by atoms with Crippen LogP contribution in [0.1, 0.15) is 33.6 Å². The number of carbonyl (C=O) groups is 1. The molecule has 14 heteroatoms. The highest BCUT2D eigenvalue weighted by molar-refractivity contribution is 7.90. The van der Waals surface area contributed by atoms with Gasteiger partial charge >= 0.3 is 12.1 Å². The van der Waals surface area contributed by atoms with Crippen LogP contribution in [-0.4, -0.2) is 79.8 Å². The Balaban J connectivity index is 1.61. The number of rotatable bonds is 6. The van der Waals surface area contributed by atoms with E-state index in [0.29, 0.717) is 25.9 Å². The summed E-state index contributed by atoms with van der Waals surface area (Å²) in [6, 6.07) is 1.63. The molecule has 0 atom stereocenters. The Morgan fingerprint density at radius 3 is 2.54 bits per heavy atom. The third-order valence-corrected chi connectivity index (χ3v) is 6.35. The average molecular weight is 532 g/mol.